The fourth-order valence-electron chi connectivity index (χ4n) is 2.00. The van der Waals surface area contributed by atoms with Crippen LogP contribution < -0.4 is 10.2 Å². The average molecular weight is 323 g/mol. The monoisotopic (exact) mass is 322 g/mol. The molecule has 1 aromatic carbocycles. The summed E-state index contributed by atoms with van der Waals surface area (Å²) in [6, 6.07) is 6.17. The molecule has 0 amide bonds. The maximum Gasteiger partial charge on any atom is 0.204 e. The molecule has 5 heteroatoms. The summed E-state index contributed by atoms with van der Waals surface area (Å²) in [4.78, 5) is 6.41. The molecule has 0 aliphatic carbocycles. The second-order valence-corrected chi connectivity index (χ2v) is 5.62. The van der Waals surface area contributed by atoms with Crippen LogP contribution in [0.5, 0.6) is 0 Å². The van der Waals surface area contributed by atoms with Crippen molar-refractivity contribution in [2.24, 2.45) is 7.05 Å². The minimum absolute atomic E-state index is 0.759. The number of hydrogen-bond acceptors (Lipinski definition) is 3. The summed E-state index contributed by atoms with van der Waals surface area (Å²) < 4.78 is 3.22. The lowest BCUT2D eigenvalue weighted by Crippen LogP contribution is -2.15. The van der Waals surface area contributed by atoms with Crippen molar-refractivity contribution in [3.63, 3.8) is 0 Å². The van der Waals surface area contributed by atoms with E-state index in [2.05, 4.69) is 49.9 Å². The second-order valence-electron chi connectivity index (χ2n) is 4.77. The van der Waals surface area contributed by atoms with Gasteiger partial charge in [-0.3, -0.25) is 0 Å². The Morgan fingerprint density at radius 2 is 2.11 bits per heavy atom. The third-order valence-electron chi connectivity index (χ3n) is 3.19. The summed E-state index contributed by atoms with van der Waals surface area (Å²) >= 11 is 3.55. The lowest BCUT2D eigenvalue weighted by molar-refractivity contribution is 0.813. The Kier molecular flexibility index (Phi) is 4.14. The molecule has 2 rings (SSSR count). The maximum atomic E-state index is 4.41. The molecular formula is C14H19BrN4. The van der Waals surface area contributed by atoms with Gasteiger partial charge >= 0.3 is 0 Å². The molecule has 0 fully saturated rings. The first-order valence-electron chi connectivity index (χ1n) is 6.17. The highest BCUT2D eigenvalue weighted by atomic mass is 79.9. The Balaban J connectivity index is 2.13. The molecule has 0 unspecified atom stereocenters. The Morgan fingerprint density at radius 3 is 2.74 bits per heavy atom. The maximum absolute atomic E-state index is 4.41. The molecule has 0 radical (unpaired) electrons. The Labute approximate surface area is 122 Å². The van der Waals surface area contributed by atoms with Crippen molar-refractivity contribution in [1.82, 2.24) is 9.55 Å². The van der Waals surface area contributed by atoms with E-state index < -0.39 is 0 Å². The number of rotatable bonds is 4. The fourth-order valence-corrected chi connectivity index (χ4v) is 2.36. The smallest absolute Gasteiger partial charge is 0.204 e. The topological polar surface area (TPSA) is 33.1 Å². The Morgan fingerprint density at radius 1 is 1.37 bits per heavy atom. The van der Waals surface area contributed by atoms with Gasteiger partial charge in [0.25, 0.3) is 0 Å². The van der Waals surface area contributed by atoms with E-state index in [0.717, 1.165) is 28.3 Å². The number of nitrogens with zero attached hydrogens (tertiary/aromatic N) is 3. The van der Waals surface area contributed by atoms with E-state index >= 15 is 0 Å². The number of aromatic nitrogens is 2. The van der Waals surface area contributed by atoms with Crippen molar-refractivity contribution in [1.29, 1.82) is 0 Å². The molecule has 102 valence electrons. The Bertz CT molecular complexity index is 575. The van der Waals surface area contributed by atoms with Crippen LogP contribution in [0, 0.1) is 6.92 Å². The van der Waals surface area contributed by atoms with Gasteiger partial charge in [-0.05, 0) is 24.6 Å². The molecule has 0 saturated carbocycles. The standard InChI is InChI=1S/C14H19BrN4/c1-10-12(15)6-5-7-13(10)16-8-11-9-17-14(18(2)3)19(11)4/h5-7,9,16H,8H2,1-4H3. The molecule has 2 aromatic rings. The van der Waals surface area contributed by atoms with Crippen LogP contribution in [-0.4, -0.2) is 23.6 Å². The van der Waals surface area contributed by atoms with Gasteiger partial charge in [0, 0.05) is 31.3 Å². The number of nitrogens with one attached hydrogen (secondary N) is 1. The average Bonchev–Trinajstić information content (AvgIpc) is 2.73. The highest BCUT2D eigenvalue weighted by Gasteiger charge is 2.08. The summed E-state index contributed by atoms with van der Waals surface area (Å²) in [5.41, 5.74) is 3.52. The number of anilines is 2. The van der Waals surface area contributed by atoms with Gasteiger partial charge in [-0.2, -0.15) is 0 Å². The van der Waals surface area contributed by atoms with Crippen LogP contribution in [0.25, 0.3) is 0 Å². The number of imidazole rings is 1. The SMILES string of the molecule is Cc1c(Br)cccc1NCc1cnc(N(C)C)n1C. The van der Waals surface area contributed by atoms with Crippen molar-refractivity contribution in [3.05, 3.63) is 40.1 Å². The molecule has 0 spiro atoms. The van der Waals surface area contributed by atoms with Crippen LogP contribution in [-0.2, 0) is 13.6 Å². The molecule has 1 aromatic heterocycles. The van der Waals surface area contributed by atoms with Gasteiger partial charge in [0.2, 0.25) is 5.95 Å². The molecule has 0 aliphatic heterocycles. The van der Waals surface area contributed by atoms with E-state index in [1.54, 1.807) is 0 Å². The zero-order chi connectivity index (χ0) is 14.0. The van der Waals surface area contributed by atoms with Gasteiger partial charge in [-0.25, -0.2) is 4.98 Å². The summed E-state index contributed by atoms with van der Waals surface area (Å²) in [5, 5.41) is 3.45. The highest BCUT2D eigenvalue weighted by molar-refractivity contribution is 9.10. The first-order valence-corrected chi connectivity index (χ1v) is 6.97. The molecule has 4 nitrogen and oxygen atoms in total. The van der Waals surface area contributed by atoms with Crippen LogP contribution in [0.1, 0.15) is 11.3 Å². The van der Waals surface area contributed by atoms with Crippen LogP contribution in [0.15, 0.2) is 28.9 Å². The fraction of sp³-hybridized carbons (Fsp3) is 0.357. The molecule has 0 aliphatic rings. The van der Waals surface area contributed by atoms with Gasteiger partial charge in [0.15, 0.2) is 0 Å². The predicted molar refractivity (Wildman–Crippen MR) is 83.7 cm³/mol. The van der Waals surface area contributed by atoms with Crippen molar-refractivity contribution in [2.45, 2.75) is 13.5 Å². The van der Waals surface area contributed by atoms with Gasteiger partial charge in [0.1, 0.15) is 0 Å². The minimum Gasteiger partial charge on any atom is -0.379 e. The van der Waals surface area contributed by atoms with Crippen LogP contribution >= 0.6 is 15.9 Å². The van der Waals surface area contributed by atoms with Crippen LogP contribution in [0.4, 0.5) is 11.6 Å². The molecular weight excluding hydrogens is 304 g/mol. The first kappa shape index (κ1) is 13.9. The lowest BCUT2D eigenvalue weighted by atomic mass is 10.2. The predicted octanol–water partition coefficient (Wildman–Crippen LogP) is 3.17. The van der Waals surface area contributed by atoms with Gasteiger partial charge in [-0.15, -0.1) is 0 Å². The van der Waals surface area contributed by atoms with Crippen LogP contribution in [0.3, 0.4) is 0 Å². The van der Waals surface area contributed by atoms with Crippen molar-refractivity contribution in [2.75, 3.05) is 24.3 Å². The van der Waals surface area contributed by atoms with E-state index in [4.69, 9.17) is 0 Å². The Hall–Kier alpha value is -1.49. The molecule has 0 bridgehead atoms. The van der Waals surface area contributed by atoms with Gasteiger partial charge in [-0.1, -0.05) is 22.0 Å². The zero-order valence-corrected chi connectivity index (χ0v) is 13.3. The van der Waals surface area contributed by atoms with E-state index in [1.807, 2.05) is 38.3 Å². The first-order chi connectivity index (χ1) is 9.00. The van der Waals surface area contributed by atoms with Gasteiger partial charge in [0.05, 0.1) is 18.4 Å². The summed E-state index contributed by atoms with van der Waals surface area (Å²) in [5.74, 6) is 0.961. The number of hydrogen-bond donors (Lipinski definition) is 1. The summed E-state index contributed by atoms with van der Waals surface area (Å²) in [6.07, 6.45) is 1.91. The zero-order valence-electron chi connectivity index (χ0n) is 11.7. The number of benzene rings is 1. The van der Waals surface area contributed by atoms with E-state index in [-0.39, 0.29) is 0 Å². The quantitative estimate of drug-likeness (QED) is 0.938. The van der Waals surface area contributed by atoms with E-state index in [1.165, 1.54) is 5.56 Å². The molecule has 1 N–H and O–H groups in total. The third kappa shape index (κ3) is 2.92. The minimum atomic E-state index is 0.759. The third-order valence-corrected chi connectivity index (χ3v) is 4.05. The molecule has 0 saturated heterocycles. The lowest BCUT2D eigenvalue weighted by Gasteiger charge is -2.14. The number of halogens is 1. The summed E-state index contributed by atoms with van der Waals surface area (Å²) in [6.45, 7) is 2.86. The highest BCUT2D eigenvalue weighted by Crippen LogP contribution is 2.24. The van der Waals surface area contributed by atoms with E-state index in [0.29, 0.717) is 0 Å². The summed E-state index contributed by atoms with van der Waals surface area (Å²) in [7, 11) is 6.03. The van der Waals surface area contributed by atoms with Crippen molar-refractivity contribution in [3.8, 4) is 0 Å². The van der Waals surface area contributed by atoms with Crippen LogP contribution in [0.2, 0.25) is 0 Å². The molecule has 0 atom stereocenters. The van der Waals surface area contributed by atoms with Crippen molar-refractivity contribution < 1.29 is 0 Å². The molecule has 19 heavy (non-hydrogen) atoms. The molecule has 1 heterocycles. The normalized spacial score (nSPS) is 10.6. The second kappa shape index (κ2) is 5.65. The van der Waals surface area contributed by atoms with Crippen molar-refractivity contribution >= 4 is 27.6 Å². The largest absolute Gasteiger partial charge is 0.379 e. The van der Waals surface area contributed by atoms with Gasteiger partial charge < -0.3 is 14.8 Å². The van der Waals surface area contributed by atoms with E-state index in [9.17, 15) is 0 Å².